The number of carbonyl (C=O) groups excluding carboxylic acids is 2. The number of aromatic nitrogens is 3. The molecule has 1 aliphatic rings. The molecule has 1 fully saturated rings. The first kappa shape index (κ1) is 22.1. The van der Waals surface area contributed by atoms with Crippen molar-refractivity contribution in [2.24, 2.45) is 0 Å². The third-order valence-electron chi connectivity index (χ3n) is 4.38. The van der Waals surface area contributed by atoms with Crippen LogP contribution >= 0.6 is 11.6 Å². The van der Waals surface area contributed by atoms with Gasteiger partial charge in [0, 0.05) is 12.5 Å². The monoisotopic (exact) mass is 433 g/mol. The maximum Gasteiger partial charge on any atom is 0.407 e. The summed E-state index contributed by atoms with van der Waals surface area (Å²) < 4.78 is 6.89. The van der Waals surface area contributed by atoms with Gasteiger partial charge in [-0.25, -0.2) is 14.5 Å². The Bertz CT molecular complexity index is 944. The molecule has 1 aromatic carbocycles. The fraction of sp³-hybridized carbons (Fsp3) is 0.524. The van der Waals surface area contributed by atoms with Gasteiger partial charge in [0.25, 0.3) is 5.91 Å². The van der Waals surface area contributed by atoms with Gasteiger partial charge in [-0.3, -0.25) is 4.79 Å². The minimum atomic E-state index is -0.733. The summed E-state index contributed by atoms with van der Waals surface area (Å²) in [4.78, 5) is 29.2. The lowest BCUT2D eigenvalue weighted by atomic mass is 10.1. The molecule has 0 saturated heterocycles. The quantitative estimate of drug-likeness (QED) is 0.721. The molecule has 30 heavy (non-hydrogen) atoms. The van der Waals surface area contributed by atoms with Crippen LogP contribution in [0.2, 0.25) is 5.02 Å². The summed E-state index contributed by atoms with van der Waals surface area (Å²) in [6, 6.07) is 7.33. The van der Waals surface area contributed by atoms with Crippen LogP contribution < -0.4 is 10.6 Å². The van der Waals surface area contributed by atoms with Crippen molar-refractivity contribution in [3.05, 3.63) is 40.9 Å². The van der Waals surface area contributed by atoms with Gasteiger partial charge in [-0.2, -0.15) is 0 Å². The third kappa shape index (κ3) is 5.72. The number of nitrogens with zero attached hydrogens (tertiary/aromatic N) is 3. The highest BCUT2D eigenvalue weighted by Gasteiger charge is 2.33. The Balaban J connectivity index is 1.72. The predicted molar refractivity (Wildman–Crippen MR) is 114 cm³/mol. The highest BCUT2D eigenvalue weighted by molar-refractivity contribution is 6.32. The second-order valence-corrected chi connectivity index (χ2v) is 9.53. The van der Waals surface area contributed by atoms with Crippen molar-refractivity contribution in [1.82, 2.24) is 25.4 Å². The number of para-hydroxylation sites is 1. The number of hydrogen-bond acceptors (Lipinski definition) is 5. The van der Waals surface area contributed by atoms with Crippen LogP contribution in [0.1, 0.15) is 69.8 Å². The van der Waals surface area contributed by atoms with Crippen molar-refractivity contribution in [2.45, 2.75) is 64.5 Å². The largest absolute Gasteiger partial charge is 0.444 e. The SMILES string of the molecule is CC(C)(CNC(=O)OC(C)(C)C)NC(=O)c1nc(C2CC2)n(-c2ccccc2Cl)n1. The number of carbonyl (C=O) groups is 2. The zero-order valence-electron chi connectivity index (χ0n) is 18.0. The van der Waals surface area contributed by atoms with Crippen LogP contribution in [-0.2, 0) is 4.74 Å². The molecule has 2 amide bonds. The van der Waals surface area contributed by atoms with E-state index in [0.29, 0.717) is 10.7 Å². The first-order valence-electron chi connectivity index (χ1n) is 9.96. The molecule has 1 saturated carbocycles. The summed E-state index contributed by atoms with van der Waals surface area (Å²) in [5.74, 6) is 0.663. The van der Waals surface area contributed by atoms with Gasteiger partial charge in [-0.05, 0) is 59.6 Å². The van der Waals surface area contributed by atoms with Crippen molar-refractivity contribution in [2.75, 3.05) is 6.54 Å². The lowest BCUT2D eigenvalue weighted by molar-refractivity contribution is 0.0509. The lowest BCUT2D eigenvalue weighted by Crippen LogP contribution is -2.52. The number of halogens is 1. The molecular weight excluding hydrogens is 406 g/mol. The van der Waals surface area contributed by atoms with Gasteiger partial charge in [0.05, 0.1) is 16.2 Å². The molecule has 0 aliphatic heterocycles. The second-order valence-electron chi connectivity index (χ2n) is 9.12. The van der Waals surface area contributed by atoms with Gasteiger partial charge >= 0.3 is 6.09 Å². The normalized spacial score (nSPS) is 14.3. The molecule has 0 radical (unpaired) electrons. The van der Waals surface area contributed by atoms with Gasteiger partial charge in [0.2, 0.25) is 5.82 Å². The molecule has 9 heteroatoms. The van der Waals surface area contributed by atoms with Gasteiger partial charge in [0.1, 0.15) is 11.4 Å². The van der Waals surface area contributed by atoms with Gasteiger partial charge in [-0.1, -0.05) is 23.7 Å². The van der Waals surface area contributed by atoms with Crippen LogP contribution in [0.5, 0.6) is 0 Å². The number of benzene rings is 1. The maximum absolute atomic E-state index is 12.8. The number of hydrogen-bond donors (Lipinski definition) is 2. The summed E-state index contributed by atoms with van der Waals surface area (Å²) in [7, 11) is 0. The van der Waals surface area contributed by atoms with E-state index < -0.39 is 23.1 Å². The molecule has 2 N–H and O–H groups in total. The zero-order chi connectivity index (χ0) is 22.1. The van der Waals surface area contributed by atoms with Gasteiger partial charge in [0.15, 0.2) is 0 Å². The Kier molecular flexibility index (Phi) is 6.08. The summed E-state index contributed by atoms with van der Waals surface area (Å²) in [5, 5.41) is 10.5. The number of rotatable bonds is 6. The highest BCUT2D eigenvalue weighted by atomic mass is 35.5. The molecule has 1 aromatic heterocycles. The summed E-state index contributed by atoms with van der Waals surface area (Å²) in [6.07, 6.45) is 1.48. The van der Waals surface area contributed by atoms with Crippen LogP contribution in [0.25, 0.3) is 5.69 Å². The Morgan fingerprint density at radius 2 is 1.87 bits per heavy atom. The van der Waals surface area contributed by atoms with E-state index in [0.717, 1.165) is 18.7 Å². The minimum absolute atomic E-state index is 0.0714. The fourth-order valence-corrected chi connectivity index (χ4v) is 3.06. The molecule has 162 valence electrons. The average Bonchev–Trinajstić information content (AvgIpc) is 3.37. The molecular formula is C21H28ClN5O3. The summed E-state index contributed by atoms with van der Waals surface area (Å²) in [6.45, 7) is 9.16. The van der Waals surface area contributed by atoms with E-state index >= 15 is 0 Å². The smallest absolute Gasteiger partial charge is 0.407 e. The van der Waals surface area contributed by atoms with Gasteiger partial charge < -0.3 is 15.4 Å². The molecule has 8 nitrogen and oxygen atoms in total. The van der Waals surface area contributed by atoms with E-state index in [1.165, 1.54) is 0 Å². The second kappa shape index (κ2) is 8.26. The van der Waals surface area contributed by atoms with Crippen molar-refractivity contribution < 1.29 is 14.3 Å². The summed E-state index contributed by atoms with van der Waals surface area (Å²) in [5.41, 5.74) is -0.631. The van der Waals surface area contributed by atoms with Crippen LogP contribution in [-0.4, -0.2) is 44.4 Å². The van der Waals surface area contributed by atoms with Crippen molar-refractivity contribution >= 4 is 23.6 Å². The number of ether oxygens (including phenoxy) is 1. The van der Waals surface area contributed by atoms with E-state index in [9.17, 15) is 9.59 Å². The third-order valence-corrected chi connectivity index (χ3v) is 4.70. The fourth-order valence-electron chi connectivity index (χ4n) is 2.84. The van der Waals surface area contributed by atoms with E-state index in [-0.39, 0.29) is 18.3 Å². The van der Waals surface area contributed by atoms with Crippen molar-refractivity contribution in [3.8, 4) is 5.69 Å². The first-order chi connectivity index (χ1) is 14.0. The van der Waals surface area contributed by atoms with Gasteiger partial charge in [-0.15, -0.1) is 5.10 Å². The summed E-state index contributed by atoms with van der Waals surface area (Å²) >= 11 is 6.33. The Morgan fingerprint density at radius 3 is 2.47 bits per heavy atom. The number of nitrogens with one attached hydrogen (secondary N) is 2. The van der Waals surface area contributed by atoms with Crippen molar-refractivity contribution in [1.29, 1.82) is 0 Å². The molecule has 0 atom stereocenters. The zero-order valence-corrected chi connectivity index (χ0v) is 18.7. The number of alkyl carbamates (subject to hydrolysis) is 1. The van der Waals surface area contributed by atoms with Crippen LogP contribution in [0.4, 0.5) is 4.79 Å². The Morgan fingerprint density at radius 1 is 1.20 bits per heavy atom. The predicted octanol–water partition coefficient (Wildman–Crippen LogP) is 3.83. The Labute approximate surface area is 181 Å². The van der Waals surface area contributed by atoms with E-state index in [1.54, 1.807) is 45.4 Å². The minimum Gasteiger partial charge on any atom is -0.444 e. The lowest BCUT2D eigenvalue weighted by Gasteiger charge is -2.27. The topological polar surface area (TPSA) is 98.1 Å². The van der Waals surface area contributed by atoms with Crippen molar-refractivity contribution in [3.63, 3.8) is 0 Å². The number of amides is 2. The van der Waals surface area contributed by atoms with E-state index in [2.05, 4.69) is 20.7 Å². The molecule has 1 heterocycles. The standard InChI is InChI=1S/C21H28ClN5O3/c1-20(2,3)30-19(29)23-12-21(4,5)25-18(28)16-24-17(13-10-11-13)27(26-16)15-9-7-6-8-14(15)22/h6-9,13H,10-12H2,1-5H3,(H,23,29)(H,25,28). The highest BCUT2D eigenvalue weighted by Crippen LogP contribution is 2.40. The molecule has 0 bridgehead atoms. The molecule has 0 spiro atoms. The molecule has 1 aliphatic carbocycles. The first-order valence-corrected chi connectivity index (χ1v) is 10.3. The van der Waals surface area contributed by atoms with E-state index in [4.69, 9.17) is 16.3 Å². The Hall–Kier alpha value is -2.61. The van der Waals surface area contributed by atoms with Crippen LogP contribution in [0.15, 0.2) is 24.3 Å². The molecule has 0 unspecified atom stereocenters. The maximum atomic E-state index is 12.8. The molecule has 2 aromatic rings. The van der Waals surface area contributed by atoms with Crippen LogP contribution in [0.3, 0.4) is 0 Å². The van der Waals surface area contributed by atoms with Crippen LogP contribution in [0, 0.1) is 0 Å². The van der Waals surface area contributed by atoms with E-state index in [1.807, 2.05) is 18.2 Å². The molecule has 3 rings (SSSR count). The average molecular weight is 434 g/mol.